The van der Waals surface area contributed by atoms with E-state index in [9.17, 15) is 22.4 Å². The van der Waals surface area contributed by atoms with E-state index in [4.69, 9.17) is 11.6 Å². The van der Waals surface area contributed by atoms with Crippen LogP contribution in [0.4, 0.5) is 4.39 Å². The number of amides is 2. The SMILES string of the molecule is CCNS(=O)(=O)c1ccc(CCC(=O)N(Cc2ccc(F)cc2)C(C)C(=O)NCc2ccc(Cl)cc2)cc1. The molecule has 0 aliphatic rings. The number of aryl methyl sites for hydroxylation is 1. The number of nitrogens with zero attached hydrogens (tertiary/aromatic N) is 1. The highest BCUT2D eigenvalue weighted by molar-refractivity contribution is 7.89. The van der Waals surface area contributed by atoms with E-state index >= 15 is 0 Å². The maximum Gasteiger partial charge on any atom is 0.242 e. The first kappa shape index (κ1) is 29.3. The second kappa shape index (κ2) is 13.5. The van der Waals surface area contributed by atoms with Crippen molar-refractivity contribution in [1.29, 1.82) is 0 Å². The average molecular weight is 560 g/mol. The first-order chi connectivity index (χ1) is 18.1. The van der Waals surface area contributed by atoms with Gasteiger partial charge in [0.2, 0.25) is 21.8 Å². The Kier molecular flexibility index (Phi) is 10.4. The van der Waals surface area contributed by atoms with Crippen LogP contribution < -0.4 is 10.0 Å². The van der Waals surface area contributed by atoms with Crippen LogP contribution in [-0.2, 0) is 39.1 Å². The molecule has 202 valence electrons. The predicted molar refractivity (Wildman–Crippen MR) is 145 cm³/mol. The summed E-state index contributed by atoms with van der Waals surface area (Å²) in [5.41, 5.74) is 2.34. The number of rotatable bonds is 12. The van der Waals surface area contributed by atoms with E-state index < -0.39 is 16.1 Å². The number of halogens is 2. The van der Waals surface area contributed by atoms with Gasteiger partial charge in [-0.25, -0.2) is 17.5 Å². The van der Waals surface area contributed by atoms with Gasteiger partial charge in [0.15, 0.2) is 0 Å². The van der Waals surface area contributed by atoms with E-state index in [1.165, 1.54) is 29.2 Å². The molecule has 3 rings (SSSR count). The molecule has 3 aromatic carbocycles. The van der Waals surface area contributed by atoms with Crippen molar-refractivity contribution in [3.05, 3.63) is 100 Å². The van der Waals surface area contributed by atoms with E-state index in [2.05, 4.69) is 10.0 Å². The minimum Gasteiger partial charge on any atom is -0.350 e. The monoisotopic (exact) mass is 559 g/mol. The molecule has 0 spiro atoms. The highest BCUT2D eigenvalue weighted by atomic mass is 35.5. The highest BCUT2D eigenvalue weighted by Crippen LogP contribution is 2.16. The van der Waals surface area contributed by atoms with Crippen LogP contribution in [0.25, 0.3) is 0 Å². The third-order valence-electron chi connectivity index (χ3n) is 6.01. The zero-order valence-corrected chi connectivity index (χ0v) is 22.9. The fourth-order valence-corrected chi connectivity index (χ4v) is 4.98. The summed E-state index contributed by atoms with van der Waals surface area (Å²) in [6.45, 7) is 4.05. The van der Waals surface area contributed by atoms with E-state index in [0.29, 0.717) is 17.0 Å². The molecule has 0 saturated heterocycles. The standard InChI is InChI=1S/C28H31ClFN3O4S/c1-3-32-38(36,37)26-15-8-21(9-16-26)10-17-27(34)33(19-23-6-13-25(30)14-7-23)20(2)28(35)31-18-22-4-11-24(29)12-5-22/h4-9,11-16,20,32H,3,10,17-19H2,1-2H3,(H,31,35). The van der Waals surface area contributed by atoms with Gasteiger partial charge >= 0.3 is 0 Å². The minimum absolute atomic E-state index is 0.106. The normalized spacial score (nSPS) is 12.1. The van der Waals surface area contributed by atoms with Crippen molar-refractivity contribution >= 4 is 33.4 Å². The summed E-state index contributed by atoms with van der Waals surface area (Å²) in [7, 11) is -3.56. The van der Waals surface area contributed by atoms with Gasteiger partial charge in [0, 0.05) is 31.1 Å². The van der Waals surface area contributed by atoms with Crippen molar-refractivity contribution in [3.8, 4) is 0 Å². The van der Waals surface area contributed by atoms with Crippen LogP contribution in [0.1, 0.15) is 37.0 Å². The van der Waals surface area contributed by atoms with Gasteiger partial charge in [0.05, 0.1) is 4.90 Å². The van der Waals surface area contributed by atoms with Crippen LogP contribution in [0.5, 0.6) is 0 Å². The minimum atomic E-state index is -3.56. The van der Waals surface area contributed by atoms with Crippen LogP contribution >= 0.6 is 11.6 Å². The fraction of sp³-hybridized carbons (Fsp3) is 0.286. The molecule has 0 radical (unpaired) electrons. The zero-order valence-electron chi connectivity index (χ0n) is 21.3. The van der Waals surface area contributed by atoms with Crippen LogP contribution in [0.15, 0.2) is 77.7 Å². The summed E-state index contributed by atoms with van der Waals surface area (Å²) in [4.78, 5) is 27.9. The van der Waals surface area contributed by atoms with Crippen LogP contribution in [0, 0.1) is 5.82 Å². The number of hydrogen-bond acceptors (Lipinski definition) is 4. The van der Waals surface area contributed by atoms with Crippen molar-refractivity contribution in [2.24, 2.45) is 0 Å². The predicted octanol–water partition coefficient (Wildman–Crippen LogP) is 4.44. The molecule has 0 saturated carbocycles. The third-order valence-corrected chi connectivity index (χ3v) is 7.82. The topological polar surface area (TPSA) is 95.6 Å². The van der Waals surface area contributed by atoms with Crippen molar-refractivity contribution in [2.75, 3.05) is 6.54 Å². The van der Waals surface area contributed by atoms with Gasteiger partial charge in [0.1, 0.15) is 11.9 Å². The smallest absolute Gasteiger partial charge is 0.242 e. The zero-order chi connectivity index (χ0) is 27.7. The number of sulfonamides is 1. The Labute approximate surface area is 228 Å². The Morgan fingerprint density at radius 2 is 1.50 bits per heavy atom. The van der Waals surface area contributed by atoms with Gasteiger partial charge in [-0.05, 0) is 66.4 Å². The van der Waals surface area contributed by atoms with Gasteiger partial charge in [-0.15, -0.1) is 0 Å². The average Bonchev–Trinajstić information content (AvgIpc) is 2.90. The molecule has 7 nitrogen and oxygen atoms in total. The summed E-state index contributed by atoms with van der Waals surface area (Å²) < 4.78 is 40.2. The Hall–Kier alpha value is -3.27. The van der Waals surface area contributed by atoms with Crippen molar-refractivity contribution in [2.45, 2.75) is 50.7 Å². The molecule has 0 heterocycles. The fourth-order valence-electron chi connectivity index (χ4n) is 3.81. The lowest BCUT2D eigenvalue weighted by atomic mass is 10.1. The third kappa shape index (κ3) is 8.37. The molecule has 0 aliphatic heterocycles. The molecule has 0 bridgehead atoms. The summed E-state index contributed by atoms with van der Waals surface area (Å²) in [6, 6.07) is 18.4. The number of carbonyl (C=O) groups is 2. The van der Waals surface area contributed by atoms with E-state index in [1.807, 2.05) is 12.1 Å². The van der Waals surface area contributed by atoms with Crippen molar-refractivity contribution in [1.82, 2.24) is 14.9 Å². The molecule has 3 aromatic rings. The van der Waals surface area contributed by atoms with Gasteiger partial charge in [-0.1, -0.05) is 54.9 Å². The van der Waals surface area contributed by atoms with Gasteiger partial charge in [0.25, 0.3) is 0 Å². The van der Waals surface area contributed by atoms with Crippen molar-refractivity contribution in [3.63, 3.8) is 0 Å². The number of nitrogens with one attached hydrogen (secondary N) is 2. The largest absolute Gasteiger partial charge is 0.350 e. The molecule has 0 fully saturated rings. The van der Waals surface area contributed by atoms with Crippen molar-refractivity contribution < 1.29 is 22.4 Å². The van der Waals surface area contributed by atoms with E-state index in [1.54, 1.807) is 50.2 Å². The molecule has 10 heteroatoms. The van der Waals surface area contributed by atoms with E-state index in [0.717, 1.165) is 11.1 Å². The molecule has 1 atom stereocenters. The molecule has 1 unspecified atom stereocenters. The first-order valence-electron chi connectivity index (χ1n) is 12.2. The number of benzene rings is 3. The number of hydrogen-bond donors (Lipinski definition) is 2. The maximum absolute atomic E-state index is 13.4. The summed E-state index contributed by atoms with van der Waals surface area (Å²) >= 11 is 5.92. The quantitative estimate of drug-likeness (QED) is 0.343. The lowest BCUT2D eigenvalue weighted by Gasteiger charge is -2.29. The molecular weight excluding hydrogens is 529 g/mol. The van der Waals surface area contributed by atoms with Crippen LogP contribution in [-0.4, -0.2) is 37.7 Å². The first-order valence-corrected chi connectivity index (χ1v) is 14.1. The van der Waals surface area contributed by atoms with Gasteiger partial charge < -0.3 is 10.2 Å². The summed E-state index contributed by atoms with van der Waals surface area (Å²) in [5.74, 6) is -0.971. The maximum atomic E-state index is 13.4. The molecule has 38 heavy (non-hydrogen) atoms. The van der Waals surface area contributed by atoms with Gasteiger partial charge in [-0.2, -0.15) is 0 Å². The molecule has 2 N–H and O–H groups in total. The Bertz CT molecular complexity index is 1330. The summed E-state index contributed by atoms with van der Waals surface area (Å²) in [6.07, 6.45) is 0.467. The second-order valence-corrected chi connectivity index (χ2v) is 11.0. The second-order valence-electron chi connectivity index (χ2n) is 8.81. The molecular formula is C28H31ClFN3O4S. The Balaban J connectivity index is 1.69. The van der Waals surface area contributed by atoms with Crippen LogP contribution in [0.2, 0.25) is 5.02 Å². The molecule has 0 aromatic heterocycles. The Morgan fingerprint density at radius 3 is 2.11 bits per heavy atom. The van der Waals surface area contributed by atoms with E-state index in [-0.39, 0.29) is 48.6 Å². The number of carbonyl (C=O) groups excluding carboxylic acids is 2. The lowest BCUT2D eigenvalue weighted by molar-refractivity contribution is -0.140. The van der Waals surface area contributed by atoms with Gasteiger partial charge in [-0.3, -0.25) is 9.59 Å². The Morgan fingerprint density at radius 1 is 0.921 bits per heavy atom. The highest BCUT2D eigenvalue weighted by Gasteiger charge is 2.26. The molecule has 2 amide bonds. The summed E-state index contributed by atoms with van der Waals surface area (Å²) in [5, 5.41) is 3.45. The molecule has 0 aliphatic carbocycles. The van der Waals surface area contributed by atoms with Crippen LogP contribution in [0.3, 0.4) is 0 Å². The lowest BCUT2D eigenvalue weighted by Crippen LogP contribution is -2.47.